The molecule has 2 N–H and O–H groups in total. The SMILES string of the molecule is CCCCC(CO)CCCOP(CO)OCCN1CCCCC1. The van der Waals surface area contributed by atoms with Crippen LogP contribution in [-0.4, -0.2) is 60.9 Å². The molecule has 1 rings (SSSR count). The summed E-state index contributed by atoms with van der Waals surface area (Å²) in [7, 11) is -1.17. The van der Waals surface area contributed by atoms with Gasteiger partial charge in [-0.1, -0.05) is 26.2 Å². The molecule has 0 aromatic rings. The molecular weight excluding hydrogens is 313 g/mol. The van der Waals surface area contributed by atoms with E-state index >= 15 is 0 Å². The fourth-order valence-corrected chi connectivity index (χ4v) is 3.79. The summed E-state index contributed by atoms with van der Waals surface area (Å²) in [5.74, 6) is 0.388. The molecule has 0 radical (unpaired) electrons. The summed E-state index contributed by atoms with van der Waals surface area (Å²) in [5, 5.41) is 18.7. The topological polar surface area (TPSA) is 62.2 Å². The lowest BCUT2D eigenvalue weighted by atomic mass is 9.98. The third-order valence-electron chi connectivity index (χ3n) is 4.42. The summed E-state index contributed by atoms with van der Waals surface area (Å²) < 4.78 is 11.4. The Morgan fingerprint density at radius 3 is 2.35 bits per heavy atom. The summed E-state index contributed by atoms with van der Waals surface area (Å²) in [6, 6.07) is 0. The van der Waals surface area contributed by atoms with Crippen LogP contribution in [-0.2, 0) is 9.05 Å². The first-order chi connectivity index (χ1) is 11.3. The van der Waals surface area contributed by atoms with Gasteiger partial charge in [-0.15, -0.1) is 0 Å². The number of aliphatic hydroxyl groups excluding tert-OH is 2. The first-order valence-corrected chi connectivity index (χ1v) is 10.6. The Morgan fingerprint density at radius 1 is 1.00 bits per heavy atom. The molecule has 23 heavy (non-hydrogen) atoms. The minimum Gasteiger partial charge on any atom is -0.396 e. The number of nitrogens with zero attached hydrogens (tertiary/aromatic N) is 1. The molecule has 1 saturated heterocycles. The zero-order valence-corrected chi connectivity index (χ0v) is 15.7. The van der Waals surface area contributed by atoms with Gasteiger partial charge < -0.3 is 24.2 Å². The van der Waals surface area contributed by atoms with E-state index in [4.69, 9.17) is 9.05 Å². The van der Waals surface area contributed by atoms with Crippen molar-refractivity contribution in [1.82, 2.24) is 4.90 Å². The zero-order chi connectivity index (χ0) is 16.8. The molecule has 2 atom stereocenters. The third kappa shape index (κ3) is 10.6. The standard InChI is InChI=1S/C17H36NO4P/c1-2-3-8-17(15-19)9-7-13-21-23(16-20)22-14-12-18-10-5-4-6-11-18/h17,19-20H,2-16H2,1H3. The van der Waals surface area contributed by atoms with Crippen molar-refractivity contribution in [1.29, 1.82) is 0 Å². The minimum absolute atomic E-state index is 0.0331. The van der Waals surface area contributed by atoms with Crippen molar-refractivity contribution in [2.75, 3.05) is 45.8 Å². The molecule has 2 unspecified atom stereocenters. The van der Waals surface area contributed by atoms with E-state index in [0.717, 1.165) is 25.8 Å². The maximum atomic E-state index is 9.36. The van der Waals surface area contributed by atoms with Crippen molar-refractivity contribution in [3.8, 4) is 0 Å². The van der Waals surface area contributed by atoms with E-state index in [0.29, 0.717) is 19.1 Å². The molecule has 0 saturated carbocycles. The number of hydrogen-bond donors (Lipinski definition) is 2. The van der Waals surface area contributed by atoms with Gasteiger partial charge in [0.15, 0.2) is 8.38 Å². The lowest BCUT2D eigenvalue weighted by molar-refractivity contribution is 0.162. The molecule has 6 heteroatoms. The smallest absolute Gasteiger partial charge is 0.198 e. The molecule has 0 aliphatic carbocycles. The van der Waals surface area contributed by atoms with Crippen molar-refractivity contribution in [3.05, 3.63) is 0 Å². The Morgan fingerprint density at radius 2 is 1.70 bits per heavy atom. The second-order valence-electron chi connectivity index (χ2n) is 6.38. The van der Waals surface area contributed by atoms with E-state index in [1.807, 2.05) is 0 Å². The van der Waals surface area contributed by atoms with Gasteiger partial charge in [-0.3, -0.25) is 0 Å². The fourth-order valence-electron chi connectivity index (χ4n) is 2.93. The average Bonchev–Trinajstić information content (AvgIpc) is 2.60. The van der Waals surface area contributed by atoms with Gasteiger partial charge >= 0.3 is 0 Å². The van der Waals surface area contributed by atoms with Crippen molar-refractivity contribution in [3.63, 3.8) is 0 Å². The number of hydrogen-bond acceptors (Lipinski definition) is 5. The van der Waals surface area contributed by atoms with E-state index < -0.39 is 8.38 Å². The fraction of sp³-hybridized carbons (Fsp3) is 1.00. The molecule has 5 nitrogen and oxygen atoms in total. The Hall–Kier alpha value is 0.230. The molecule has 0 amide bonds. The molecule has 0 spiro atoms. The number of rotatable bonds is 14. The molecule has 138 valence electrons. The second kappa shape index (κ2) is 14.6. The average molecular weight is 349 g/mol. The van der Waals surface area contributed by atoms with Crippen LogP contribution in [0.1, 0.15) is 58.3 Å². The van der Waals surface area contributed by atoms with E-state index in [1.165, 1.54) is 45.2 Å². The van der Waals surface area contributed by atoms with Crippen LogP contribution >= 0.6 is 8.38 Å². The number of likely N-dealkylation sites (tertiary alicyclic amines) is 1. The van der Waals surface area contributed by atoms with Crippen LogP contribution in [0, 0.1) is 5.92 Å². The lowest BCUT2D eigenvalue weighted by Crippen LogP contribution is -2.32. The van der Waals surface area contributed by atoms with E-state index in [-0.39, 0.29) is 13.0 Å². The van der Waals surface area contributed by atoms with Crippen LogP contribution in [0.5, 0.6) is 0 Å². The molecule has 0 bridgehead atoms. The molecule has 1 aliphatic rings. The molecule has 1 heterocycles. The Labute approximate surface area is 143 Å². The third-order valence-corrected chi connectivity index (χ3v) is 5.60. The van der Waals surface area contributed by atoms with Crippen molar-refractivity contribution in [2.24, 2.45) is 5.92 Å². The number of aliphatic hydroxyl groups is 2. The van der Waals surface area contributed by atoms with Crippen molar-refractivity contribution < 1.29 is 19.3 Å². The van der Waals surface area contributed by atoms with Gasteiger partial charge in [0, 0.05) is 13.2 Å². The predicted molar refractivity (Wildman–Crippen MR) is 95.5 cm³/mol. The van der Waals surface area contributed by atoms with Crippen LogP contribution in [0.15, 0.2) is 0 Å². The second-order valence-corrected chi connectivity index (χ2v) is 7.84. The van der Waals surface area contributed by atoms with Gasteiger partial charge in [0.1, 0.15) is 6.35 Å². The number of unbranched alkanes of at least 4 members (excludes halogenated alkanes) is 1. The molecule has 0 aromatic heterocycles. The van der Waals surface area contributed by atoms with Crippen molar-refractivity contribution in [2.45, 2.75) is 58.3 Å². The summed E-state index contributed by atoms with van der Waals surface area (Å²) >= 11 is 0. The quantitative estimate of drug-likeness (QED) is 0.372. The highest BCUT2D eigenvalue weighted by atomic mass is 31.2. The van der Waals surface area contributed by atoms with Gasteiger partial charge in [0.05, 0.1) is 13.2 Å². The highest BCUT2D eigenvalue weighted by Gasteiger charge is 2.13. The summed E-state index contributed by atoms with van der Waals surface area (Å²) in [6.07, 6.45) is 9.23. The van der Waals surface area contributed by atoms with Crippen LogP contribution in [0.4, 0.5) is 0 Å². The van der Waals surface area contributed by atoms with Crippen LogP contribution in [0.3, 0.4) is 0 Å². The summed E-state index contributed by atoms with van der Waals surface area (Å²) in [5.41, 5.74) is 0. The van der Waals surface area contributed by atoms with E-state index in [2.05, 4.69) is 11.8 Å². The van der Waals surface area contributed by atoms with Crippen LogP contribution in [0.25, 0.3) is 0 Å². The van der Waals surface area contributed by atoms with Gasteiger partial charge in [-0.2, -0.15) is 0 Å². The molecule has 0 aromatic carbocycles. The molecule has 1 aliphatic heterocycles. The van der Waals surface area contributed by atoms with Crippen LogP contribution in [0.2, 0.25) is 0 Å². The summed E-state index contributed by atoms with van der Waals surface area (Å²) in [6.45, 7) is 6.96. The van der Waals surface area contributed by atoms with Gasteiger partial charge in [-0.05, 0) is 51.1 Å². The largest absolute Gasteiger partial charge is 0.396 e. The highest BCUT2D eigenvalue weighted by Crippen LogP contribution is 2.37. The molecule has 1 fully saturated rings. The first-order valence-electron chi connectivity index (χ1n) is 9.27. The number of piperidine rings is 1. The lowest BCUT2D eigenvalue weighted by Gasteiger charge is -2.26. The Balaban J connectivity index is 2.03. The minimum atomic E-state index is -1.17. The monoisotopic (exact) mass is 349 g/mol. The van der Waals surface area contributed by atoms with Gasteiger partial charge in [-0.25, -0.2) is 0 Å². The summed E-state index contributed by atoms with van der Waals surface area (Å²) in [4.78, 5) is 2.42. The maximum absolute atomic E-state index is 9.36. The Kier molecular flexibility index (Phi) is 13.5. The Bertz CT molecular complexity index is 265. The zero-order valence-electron chi connectivity index (χ0n) is 14.8. The van der Waals surface area contributed by atoms with Crippen LogP contribution < -0.4 is 0 Å². The van der Waals surface area contributed by atoms with E-state index in [9.17, 15) is 10.2 Å². The maximum Gasteiger partial charge on any atom is 0.198 e. The highest BCUT2D eigenvalue weighted by molar-refractivity contribution is 7.46. The van der Waals surface area contributed by atoms with Gasteiger partial charge in [0.2, 0.25) is 0 Å². The first kappa shape index (κ1) is 21.3. The predicted octanol–water partition coefficient (Wildman–Crippen LogP) is 3.35. The van der Waals surface area contributed by atoms with Gasteiger partial charge in [0.25, 0.3) is 0 Å². The molecular formula is C17H36NO4P. The normalized spacial score (nSPS) is 18.9. The van der Waals surface area contributed by atoms with Crippen molar-refractivity contribution >= 4 is 8.38 Å². The van der Waals surface area contributed by atoms with E-state index in [1.54, 1.807) is 0 Å².